The lowest BCUT2D eigenvalue weighted by atomic mass is 10.1. The molecule has 1 aromatic heterocycles. The molecule has 2 N–H and O–H groups in total. The lowest BCUT2D eigenvalue weighted by molar-refractivity contribution is -0.138. The minimum atomic E-state index is -1.26. The van der Waals surface area contributed by atoms with E-state index in [2.05, 4.69) is 5.32 Å². The first kappa shape index (κ1) is 14.0. The maximum Gasteiger partial charge on any atom is 0.331 e. The Bertz CT molecular complexity index is 657. The molecule has 2 rings (SSSR count). The molecule has 0 saturated heterocycles. The number of carbonyl (C=O) groups is 1. The van der Waals surface area contributed by atoms with E-state index in [1.54, 1.807) is 23.6 Å². The monoisotopic (exact) mass is 294 g/mol. The Morgan fingerprint density at radius 3 is 2.50 bits per heavy atom. The molecule has 2 aromatic rings. The van der Waals surface area contributed by atoms with Crippen molar-refractivity contribution in [1.82, 2.24) is 0 Å². The van der Waals surface area contributed by atoms with E-state index in [0.717, 1.165) is 23.5 Å². The summed E-state index contributed by atoms with van der Waals surface area (Å²) in [4.78, 5) is 11.6. The molecule has 1 aromatic carbocycles. The molecule has 0 spiro atoms. The number of aliphatic carboxylic acids is 1. The summed E-state index contributed by atoms with van der Waals surface area (Å²) in [6, 6.07) is 5.25. The van der Waals surface area contributed by atoms with Crippen LogP contribution in [0.5, 0.6) is 0 Å². The van der Waals surface area contributed by atoms with Gasteiger partial charge >= 0.3 is 5.97 Å². The zero-order chi connectivity index (χ0) is 14.7. The van der Waals surface area contributed by atoms with Crippen molar-refractivity contribution < 1.29 is 18.7 Å². The molecule has 102 valence electrons. The van der Waals surface area contributed by atoms with Gasteiger partial charge in [-0.2, -0.15) is 5.26 Å². The average Bonchev–Trinajstić information content (AvgIpc) is 2.90. The molecule has 0 aliphatic rings. The number of nitrogens with zero attached hydrogens (tertiary/aromatic N) is 1. The predicted octanol–water partition coefficient (Wildman–Crippen LogP) is 3.14. The van der Waals surface area contributed by atoms with Gasteiger partial charge in [0.2, 0.25) is 0 Å². The fraction of sp³-hybridized carbons (Fsp3) is 0.0769. The van der Waals surface area contributed by atoms with E-state index in [1.807, 2.05) is 0 Å². The Hall–Kier alpha value is -2.46. The molecule has 1 unspecified atom stereocenters. The van der Waals surface area contributed by atoms with E-state index in [9.17, 15) is 13.6 Å². The molecule has 1 heterocycles. The van der Waals surface area contributed by atoms with E-state index >= 15 is 0 Å². The van der Waals surface area contributed by atoms with Crippen LogP contribution >= 0.6 is 11.3 Å². The number of anilines is 1. The first-order chi connectivity index (χ1) is 9.52. The molecular formula is C13H8F2N2O2S. The number of rotatable bonds is 4. The van der Waals surface area contributed by atoms with Crippen molar-refractivity contribution in [2.75, 3.05) is 5.32 Å². The summed E-state index contributed by atoms with van der Waals surface area (Å²) in [5.41, 5.74) is -0.738. The second kappa shape index (κ2) is 5.67. The Kier molecular flexibility index (Phi) is 3.96. The van der Waals surface area contributed by atoms with E-state index in [1.165, 1.54) is 0 Å². The number of carboxylic acids is 1. The molecule has 0 aliphatic heterocycles. The van der Waals surface area contributed by atoms with Crippen molar-refractivity contribution >= 4 is 23.0 Å². The quantitative estimate of drug-likeness (QED) is 0.908. The molecular weight excluding hydrogens is 286 g/mol. The molecule has 0 amide bonds. The van der Waals surface area contributed by atoms with Crippen LogP contribution in [0.4, 0.5) is 14.5 Å². The fourth-order valence-electron chi connectivity index (χ4n) is 1.63. The molecule has 4 nitrogen and oxygen atoms in total. The van der Waals surface area contributed by atoms with Gasteiger partial charge in [-0.3, -0.25) is 0 Å². The van der Waals surface area contributed by atoms with Crippen LogP contribution in [0.3, 0.4) is 0 Å². The van der Waals surface area contributed by atoms with Crippen molar-refractivity contribution in [3.63, 3.8) is 0 Å². The van der Waals surface area contributed by atoms with Crippen LogP contribution < -0.4 is 5.32 Å². The highest BCUT2D eigenvalue weighted by molar-refractivity contribution is 7.10. The van der Waals surface area contributed by atoms with Crippen molar-refractivity contribution in [3.8, 4) is 6.07 Å². The Morgan fingerprint density at radius 1 is 1.40 bits per heavy atom. The van der Waals surface area contributed by atoms with Gasteiger partial charge in [-0.05, 0) is 23.6 Å². The number of benzene rings is 1. The van der Waals surface area contributed by atoms with Crippen LogP contribution in [0.15, 0.2) is 29.6 Å². The van der Waals surface area contributed by atoms with Crippen molar-refractivity contribution in [2.24, 2.45) is 0 Å². The smallest absolute Gasteiger partial charge is 0.331 e. The largest absolute Gasteiger partial charge is 0.479 e. The van der Waals surface area contributed by atoms with E-state index < -0.39 is 29.3 Å². The zero-order valence-corrected chi connectivity index (χ0v) is 10.7. The maximum absolute atomic E-state index is 13.7. The molecule has 0 aliphatic carbocycles. The standard InChI is InChI=1S/C13H8F2N2O2S/c14-8-4-7(6-16)5-9(15)11(8)17-12(13(18)19)10-2-1-3-20-10/h1-5,12,17H,(H,18,19). The number of nitriles is 1. The van der Waals surface area contributed by atoms with Gasteiger partial charge in [0, 0.05) is 4.88 Å². The number of nitrogens with one attached hydrogen (secondary N) is 1. The lowest BCUT2D eigenvalue weighted by Gasteiger charge is -2.15. The van der Waals surface area contributed by atoms with Gasteiger partial charge in [0.05, 0.1) is 11.6 Å². The summed E-state index contributed by atoms with van der Waals surface area (Å²) in [7, 11) is 0. The third kappa shape index (κ3) is 2.75. The first-order valence-corrected chi connectivity index (χ1v) is 6.32. The summed E-state index contributed by atoms with van der Waals surface area (Å²) >= 11 is 1.16. The molecule has 1 atom stereocenters. The van der Waals surface area contributed by atoms with Gasteiger partial charge in [-0.15, -0.1) is 11.3 Å². The normalized spacial score (nSPS) is 11.7. The zero-order valence-electron chi connectivity index (χ0n) is 9.93. The highest BCUT2D eigenvalue weighted by atomic mass is 32.1. The van der Waals surface area contributed by atoms with E-state index in [4.69, 9.17) is 10.4 Å². The van der Waals surface area contributed by atoms with Crippen LogP contribution in [-0.4, -0.2) is 11.1 Å². The second-order valence-corrected chi connectivity index (χ2v) is 4.84. The summed E-state index contributed by atoms with van der Waals surface area (Å²) in [5, 5.41) is 21.7. The van der Waals surface area contributed by atoms with Gasteiger partial charge in [-0.25, -0.2) is 13.6 Å². The average molecular weight is 294 g/mol. The lowest BCUT2D eigenvalue weighted by Crippen LogP contribution is -2.20. The van der Waals surface area contributed by atoms with Crippen LogP contribution in [0.25, 0.3) is 0 Å². The first-order valence-electron chi connectivity index (χ1n) is 5.45. The highest BCUT2D eigenvalue weighted by Crippen LogP contribution is 2.28. The SMILES string of the molecule is N#Cc1cc(F)c(NC(C(=O)O)c2cccs2)c(F)c1. The summed E-state index contributed by atoms with van der Waals surface area (Å²) in [6.45, 7) is 0. The van der Waals surface area contributed by atoms with Gasteiger partial charge in [0.25, 0.3) is 0 Å². The number of halogens is 2. The van der Waals surface area contributed by atoms with Crippen molar-refractivity contribution in [3.05, 3.63) is 51.7 Å². The molecule has 0 bridgehead atoms. The number of hydrogen-bond acceptors (Lipinski definition) is 4. The van der Waals surface area contributed by atoms with Gasteiger partial charge in [0.1, 0.15) is 5.69 Å². The minimum Gasteiger partial charge on any atom is -0.479 e. The molecule has 0 saturated carbocycles. The second-order valence-electron chi connectivity index (χ2n) is 3.86. The predicted molar refractivity (Wildman–Crippen MR) is 69.4 cm³/mol. The summed E-state index contributed by atoms with van der Waals surface area (Å²) < 4.78 is 27.4. The van der Waals surface area contributed by atoms with Gasteiger partial charge < -0.3 is 10.4 Å². The summed E-state index contributed by atoms with van der Waals surface area (Å²) in [5.74, 6) is -3.27. The summed E-state index contributed by atoms with van der Waals surface area (Å²) in [6.07, 6.45) is 0. The third-order valence-electron chi connectivity index (χ3n) is 2.53. The Balaban J connectivity index is 2.38. The van der Waals surface area contributed by atoms with Crippen LogP contribution in [0, 0.1) is 23.0 Å². The Morgan fingerprint density at radius 2 is 2.05 bits per heavy atom. The maximum atomic E-state index is 13.7. The van der Waals surface area contributed by atoms with Crippen LogP contribution in [0.2, 0.25) is 0 Å². The van der Waals surface area contributed by atoms with E-state index in [-0.39, 0.29) is 5.56 Å². The Labute approximate surface area is 116 Å². The molecule has 0 radical (unpaired) electrons. The number of thiophene rings is 1. The van der Waals surface area contributed by atoms with Crippen molar-refractivity contribution in [1.29, 1.82) is 5.26 Å². The molecule has 7 heteroatoms. The molecule has 0 fully saturated rings. The molecule has 20 heavy (non-hydrogen) atoms. The topological polar surface area (TPSA) is 73.1 Å². The van der Waals surface area contributed by atoms with Gasteiger partial charge in [0.15, 0.2) is 17.7 Å². The number of hydrogen-bond donors (Lipinski definition) is 2. The fourth-order valence-corrected chi connectivity index (χ4v) is 2.40. The van der Waals surface area contributed by atoms with Gasteiger partial charge in [-0.1, -0.05) is 6.07 Å². The minimum absolute atomic E-state index is 0.173. The van der Waals surface area contributed by atoms with Crippen molar-refractivity contribution in [2.45, 2.75) is 6.04 Å². The van der Waals surface area contributed by atoms with Crippen LogP contribution in [0.1, 0.15) is 16.5 Å². The van der Waals surface area contributed by atoms with Crippen LogP contribution in [-0.2, 0) is 4.79 Å². The number of carboxylic acid groups (broad SMARTS) is 1. The van der Waals surface area contributed by atoms with E-state index in [0.29, 0.717) is 4.88 Å². The third-order valence-corrected chi connectivity index (χ3v) is 3.47. The highest BCUT2D eigenvalue weighted by Gasteiger charge is 2.24.